The Morgan fingerprint density at radius 3 is 2.68 bits per heavy atom. The predicted octanol–water partition coefficient (Wildman–Crippen LogP) is 3.83. The molecule has 0 aliphatic heterocycles. The second-order valence-electron chi connectivity index (χ2n) is 3.79. The van der Waals surface area contributed by atoms with Gasteiger partial charge in [-0.05, 0) is 19.9 Å². The molecule has 0 saturated heterocycles. The van der Waals surface area contributed by atoms with Crippen LogP contribution in [0.4, 0.5) is 5.13 Å². The topological polar surface area (TPSA) is 72.5 Å². The van der Waals surface area contributed by atoms with E-state index in [2.05, 4.69) is 30.2 Å². The van der Waals surface area contributed by atoms with Crippen molar-refractivity contribution in [2.75, 3.05) is 5.32 Å². The number of nitriles is 2. The van der Waals surface area contributed by atoms with E-state index in [0.717, 1.165) is 11.3 Å². The number of aromatic nitrogens is 1. The number of rotatable bonds is 3. The van der Waals surface area contributed by atoms with Crippen LogP contribution in [0.5, 0.6) is 0 Å². The Morgan fingerprint density at radius 1 is 1.37 bits per heavy atom. The van der Waals surface area contributed by atoms with E-state index >= 15 is 0 Å². The molecule has 0 aliphatic rings. The standard InChI is InChI=1S/C13H10N4S2/c1-8-3-11(9(2)19-8)12-7-18-13(17-12)16-6-10(4-14)5-15/h3,6-7H,1-2H3,(H,16,17). The van der Waals surface area contributed by atoms with Gasteiger partial charge in [0.1, 0.15) is 17.7 Å². The van der Waals surface area contributed by atoms with Crippen molar-refractivity contribution in [3.05, 3.63) is 33.0 Å². The van der Waals surface area contributed by atoms with Crippen LogP contribution in [0.2, 0.25) is 0 Å². The molecule has 0 radical (unpaired) electrons. The summed E-state index contributed by atoms with van der Waals surface area (Å²) in [5.74, 6) is 0. The summed E-state index contributed by atoms with van der Waals surface area (Å²) < 4.78 is 0. The van der Waals surface area contributed by atoms with Crippen LogP contribution in [-0.4, -0.2) is 4.98 Å². The smallest absolute Gasteiger partial charge is 0.187 e. The second kappa shape index (κ2) is 5.66. The molecule has 0 saturated carbocycles. The van der Waals surface area contributed by atoms with Crippen molar-refractivity contribution in [2.45, 2.75) is 13.8 Å². The Labute approximate surface area is 119 Å². The van der Waals surface area contributed by atoms with Crippen LogP contribution >= 0.6 is 22.7 Å². The molecule has 0 unspecified atom stereocenters. The molecule has 0 atom stereocenters. The fraction of sp³-hybridized carbons (Fsp3) is 0.154. The maximum atomic E-state index is 8.63. The summed E-state index contributed by atoms with van der Waals surface area (Å²) in [5.41, 5.74) is 2.08. The highest BCUT2D eigenvalue weighted by Crippen LogP contribution is 2.32. The molecular formula is C13H10N4S2. The van der Waals surface area contributed by atoms with E-state index in [0.29, 0.717) is 5.13 Å². The van der Waals surface area contributed by atoms with Gasteiger partial charge in [0.25, 0.3) is 0 Å². The SMILES string of the molecule is Cc1cc(-c2csc(NC=C(C#N)C#N)n2)c(C)s1. The number of allylic oxidation sites excluding steroid dienone is 1. The minimum Gasteiger partial charge on any atom is -0.336 e. The first kappa shape index (κ1) is 13.3. The maximum Gasteiger partial charge on any atom is 0.187 e. The molecule has 0 amide bonds. The molecule has 6 heteroatoms. The lowest BCUT2D eigenvalue weighted by molar-refractivity contribution is 1.37. The fourth-order valence-electron chi connectivity index (χ4n) is 1.57. The number of thiazole rings is 1. The van der Waals surface area contributed by atoms with Crippen LogP contribution < -0.4 is 5.32 Å². The van der Waals surface area contributed by atoms with E-state index in [9.17, 15) is 0 Å². The van der Waals surface area contributed by atoms with E-state index in [4.69, 9.17) is 10.5 Å². The van der Waals surface area contributed by atoms with Crippen molar-refractivity contribution in [2.24, 2.45) is 0 Å². The summed E-state index contributed by atoms with van der Waals surface area (Å²) in [4.78, 5) is 6.94. The molecule has 2 aromatic rings. The van der Waals surface area contributed by atoms with Gasteiger partial charge in [-0.2, -0.15) is 10.5 Å². The zero-order valence-corrected chi connectivity index (χ0v) is 12.0. The van der Waals surface area contributed by atoms with E-state index in [-0.39, 0.29) is 5.57 Å². The lowest BCUT2D eigenvalue weighted by Crippen LogP contribution is -1.89. The quantitative estimate of drug-likeness (QED) is 0.870. The zero-order valence-electron chi connectivity index (χ0n) is 10.4. The predicted molar refractivity (Wildman–Crippen MR) is 77.8 cm³/mol. The van der Waals surface area contributed by atoms with Gasteiger partial charge in [0.15, 0.2) is 5.13 Å². The van der Waals surface area contributed by atoms with Crippen LogP contribution in [0.1, 0.15) is 9.75 Å². The molecule has 2 aromatic heterocycles. The zero-order chi connectivity index (χ0) is 13.8. The number of nitrogens with one attached hydrogen (secondary N) is 1. The van der Waals surface area contributed by atoms with Crippen molar-refractivity contribution >= 4 is 27.8 Å². The Balaban J connectivity index is 2.21. The molecule has 0 fully saturated rings. The van der Waals surface area contributed by atoms with Crippen molar-refractivity contribution in [1.29, 1.82) is 10.5 Å². The number of anilines is 1. The van der Waals surface area contributed by atoms with Crippen LogP contribution in [-0.2, 0) is 0 Å². The first-order chi connectivity index (χ1) is 9.13. The molecule has 0 bridgehead atoms. The van der Waals surface area contributed by atoms with Crippen LogP contribution in [0, 0.1) is 36.5 Å². The van der Waals surface area contributed by atoms with Crippen LogP contribution in [0.25, 0.3) is 11.3 Å². The van der Waals surface area contributed by atoms with Gasteiger partial charge in [-0.1, -0.05) is 0 Å². The maximum absolute atomic E-state index is 8.63. The minimum atomic E-state index is 0.0271. The summed E-state index contributed by atoms with van der Waals surface area (Å²) in [5, 5.41) is 22.8. The highest BCUT2D eigenvalue weighted by molar-refractivity contribution is 7.14. The molecule has 2 rings (SSSR count). The third kappa shape index (κ3) is 3.00. The highest BCUT2D eigenvalue weighted by atomic mass is 32.1. The summed E-state index contributed by atoms with van der Waals surface area (Å²) >= 11 is 3.19. The van der Waals surface area contributed by atoms with Gasteiger partial charge in [-0.25, -0.2) is 4.98 Å². The average molecular weight is 286 g/mol. The number of aryl methyl sites for hydroxylation is 2. The number of thiophene rings is 1. The van der Waals surface area contributed by atoms with E-state index in [1.54, 1.807) is 23.5 Å². The molecule has 2 heterocycles. The van der Waals surface area contributed by atoms with Gasteiger partial charge in [-0.15, -0.1) is 22.7 Å². The summed E-state index contributed by atoms with van der Waals surface area (Å²) in [6, 6.07) is 5.69. The summed E-state index contributed by atoms with van der Waals surface area (Å²) in [6.45, 7) is 4.14. The third-order valence-electron chi connectivity index (χ3n) is 2.40. The van der Waals surface area contributed by atoms with E-state index in [1.165, 1.54) is 27.3 Å². The molecule has 4 nitrogen and oxygen atoms in total. The Kier molecular flexibility index (Phi) is 3.96. The summed E-state index contributed by atoms with van der Waals surface area (Å²) in [6.07, 6.45) is 1.37. The second-order valence-corrected chi connectivity index (χ2v) is 6.11. The largest absolute Gasteiger partial charge is 0.336 e. The molecule has 1 N–H and O–H groups in total. The number of nitrogens with zero attached hydrogens (tertiary/aromatic N) is 3. The van der Waals surface area contributed by atoms with Crippen LogP contribution in [0.3, 0.4) is 0 Å². The van der Waals surface area contributed by atoms with Crippen molar-refractivity contribution in [1.82, 2.24) is 4.98 Å². The van der Waals surface area contributed by atoms with Crippen LogP contribution in [0.15, 0.2) is 23.2 Å². The molecule has 0 aliphatic carbocycles. The lowest BCUT2D eigenvalue weighted by atomic mass is 10.2. The van der Waals surface area contributed by atoms with Crippen molar-refractivity contribution in [3.8, 4) is 23.4 Å². The van der Waals surface area contributed by atoms with Gasteiger partial charge >= 0.3 is 0 Å². The highest BCUT2D eigenvalue weighted by Gasteiger charge is 2.09. The normalized spacial score (nSPS) is 9.47. The monoisotopic (exact) mass is 286 g/mol. The molecule has 94 valence electrons. The Hall–Kier alpha value is -2.15. The molecular weight excluding hydrogens is 276 g/mol. The first-order valence-electron chi connectivity index (χ1n) is 5.44. The lowest BCUT2D eigenvalue weighted by Gasteiger charge is -1.94. The Morgan fingerprint density at radius 2 is 2.11 bits per heavy atom. The molecule has 0 spiro atoms. The fourth-order valence-corrected chi connectivity index (χ4v) is 3.19. The van der Waals surface area contributed by atoms with Gasteiger partial charge in [0.2, 0.25) is 0 Å². The minimum absolute atomic E-state index is 0.0271. The number of hydrogen-bond donors (Lipinski definition) is 1. The first-order valence-corrected chi connectivity index (χ1v) is 7.13. The van der Waals surface area contributed by atoms with Crippen molar-refractivity contribution < 1.29 is 0 Å². The third-order valence-corrected chi connectivity index (χ3v) is 4.14. The van der Waals surface area contributed by atoms with Gasteiger partial charge in [-0.3, -0.25) is 0 Å². The summed E-state index contributed by atoms with van der Waals surface area (Å²) in [7, 11) is 0. The Bertz CT molecular complexity index is 694. The van der Waals surface area contributed by atoms with Gasteiger partial charge < -0.3 is 5.32 Å². The molecule has 19 heavy (non-hydrogen) atoms. The number of hydrogen-bond acceptors (Lipinski definition) is 6. The molecule has 0 aromatic carbocycles. The van der Waals surface area contributed by atoms with Gasteiger partial charge in [0, 0.05) is 26.9 Å². The van der Waals surface area contributed by atoms with Gasteiger partial charge in [0.05, 0.1) is 5.69 Å². The van der Waals surface area contributed by atoms with E-state index in [1.807, 2.05) is 5.38 Å². The van der Waals surface area contributed by atoms with E-state index < -0.39 is 0 Å². The van der Waals surface area contributed by atoms with Crippen molar-refractivity contribution in [3.63, 3.8) is 0 Å². The average Bonchev–Trinajstić information content (AvgIpc) is 2.97.